The number of nitrogens with zero attached hydrogens (tertiary/aromatic N) is 1. The van der Waals surface area contributed by atoms with Gasteiger partial charge < -0.3 is 10.5 Å². The van der Waals surface area contributed by atoms with Crippen molar-refractivity contribution in [2.45, 2.75) is 6.92 Å². The molecule has 2 aromatic carbocycles. The molecule has 1 N–H and O–H groups in total. The monoisotopic (exact) mass is 254 g/mol. The maximum atomic E-state index is 11.9. The van der Waals surface area contributed by atoms with Crippen LogP contribution in [0.5, 0.6) is 0 Å². The molecule has 4 nitrogen and oxygen atoms in total. The molecule has 0 unspecified atom stereocenters. The van der Waals surface area contributed by atoms with Gasteiger partial charge in [0.25, 0.3) is 0 Å². The molecular formula is C15H14N2O2. The molecule has 0 atom stereocenters. The maximum absolute atomic E-state index is 11.9. The first kappa shape index (κ1) is 12.8. The van der Waals surface area contributed by atoms with E-state index in [0.717, 1.165) is 10.3 Å². The topological polar surface area (TPSA) is 55.2 Å². The zero-order valence-electron chi connectivity index (χ0n) is 10.5. The number of rotatable bonds is 3. The quantitative estimate of drug-likeness (QED) is 0.396. The second kappa shape index (κ2) is 5.82. The van der Waals surface area contributed by atoms with Gasteiger partial charge in [-0.25, -0.2) is 0 Å². The molecule has 0 saturated heterocycles. The number of carbonyl (C=O) groups excluding carboxylic acids is 1. The summed E-state index contributed by atoms with van der Waals surface area (Å²) >= 11 is 0. The average Bonchev–Trinajstić information content (AvgIpc) is 2.41. The minimum atomic E-state index is -0.119. The number of hydrogen-bond acceptors (Lipinski definition) is 2. The third kappa shape index (κ3) is 3.67. The van der Waals surface area contributed by atoms with Crippen molar-refractivity contribution in [2.75, 3.05) is 5.32 Å². The van der Waals surface area contributed by atoms with Gasteiger partial charge in [-0.15, -0.1) is 0 Å². The van der Waals surface area contributed by atoms with Crippen LogP contribution in [0.15, 0.2) is 54.6 Å². The van der Waals surface area contributed by atoms with Crippen LogP contribution in [0.4, 0.5) is 11.4 Å². The van der Waals surface area contributed by atoms with E-state index in [0.29, 0.717) is 11.4 Å². The standard InChI is InChI=1S/C15H14N2O2/c1-12(18)16-14-9-7-13(8-10-14)11-17(19)15-5-3-2-4-6-15/h2-11H,1H3,(H,16,18). The van der Waals surface area contributed by atoms with Crippen molar-refractivity contribution in [1.29, 1.82) is 0 Å². The molecule has 19 heavy (non-hydrogen) atoms. The van der Waals surface area contributed by atoms with Gasteiger partial charge in [0, 0.05) is 30.3 Å². The molecule has 0 heterocycles. The molecule has 0 aromatic heterocycles. The molecule has 4 heteroatoms. The number of amides is 1. The van der Waals surface area contributed by atoms with Gasteiger partial charge in [-0.2, -0.15) is 4.74 Å². The van der Waals surface area contributed by atoms with E-state index in [1.165, 1.54) is 13.1 Å². The van der Waals surface area contributed by atoms with E-state index in [1.54, 1.807) is 36.4 Å². The summed E-state index contributed by atoms with van der Waals surface area (Å²) in [5.41, 5.74) is 2.06. The van der Waals surface area contributed by atoms with Crippen LogP contribution in [-0.4, -0.2) is 16.9 Å². The van der Waals surface area contributed by atoms with E-state index in [-0.39, 0.29) is 5.91 Å². The van der Waals surface area contributed by atoms with Crippen LogP contribution in [0, 0.1) is 5.21 Å². The van der Waals surface area contributed by atoms with Crippen LogP contribution < -0.4 is 5.32 Å². The predicted molar refractivity (Wildman–Crippen MR) is 75.6 cm³/mol. The van der Waals surface area contributed by atoms with Crippen LogP contribution in [-0.2, 0) is 4.79 Å². The molecule has 2 rings (SSSR count). The van der Waals surface area contributed by atoms with Gasteiger partial charge in [-0.05, 0) is 24.3 Å². The van der Waals surface area contributed by atoms with Crippen LogP contribution in [0.3, 0.4) is 0 Å². The van der Waals surface area contributed by atoms with Crippen LogP contribution in [0.25, 0.3) is 0 Å². The molecule has 0 saturated carbocycles. The highest BCUT2D eigenvalue weighted by Gasteiger charge is 2.01. The Kier molecular flexibility index (Phi) is 3.93. The number of nitrogens with one attached hydrogen (secondary N) is 1. The first-order valence-corrected chi connectivity index (χ1v) is 5.89. The molecule has 0 spiro atoms. The van der Waals surface area contributed by atoms with Crippen LogP contribution in [0.2, 0.25) is 0 Å². The van der Waals surface area contributed by atoms with Crippen LogP contribution >= 0.6 is 0 Å². The Balaban J connectivity index is 2.17. The number of anilines is 1. The number of para-hydroxylation sites is 1. The van der Waals surface area contributed by atoms with Gasteiger partial charge in [0.1, 0.15) is 0 Å². The highest BCUT2D eigenvalue weighted by molar-refractivity contribution is 5.89. The summed E-state index contributed by atoms with van der Waals surface area (Å²) in [5.74, 6) is -0.119. The van der Waals surface area contributed by atoms with Gasteiger partial charge in [0.05, 0.1) is 0 Å². The molecule has 0 aliphatic rings. The van der Waals surface area contributed by atoms with Crippen molar-refractivity contribution in [1.82, 2.24) is 0 Å². The Morgan fingerprint density at radius 3 is 2.32 bits per heavy atom. The Hall–Kier alpha value is -2.62. The van der Waals surface area contributed by atoms with Crippen molar-refractivity contribution in [2.24, 2.45) is 0 Å². The van der Waals surface area contributed by atoms with Gasteiger partial charge >= 0.3 is 0 Å². The van der Waals surface area contributed by atoms with E-state index < -0.39 is 0 Å². The first-order chi connectivity index (χ1) is 9.15. The fourth-order valence-electron chi connectivity index (χ4n) is 1.64. The fourth-order valence-corrected chi connectivity index (χ4v) is 1.64. The SMILES string of the molecule is CC(=O)Nc1ccc(C=[N+]([O-])c2ccccc2)cc1. The largest absolute Gasteiger partial charge is 0.618 e. The van der Waals surface area contributed by atoms with Crippen molar-refractivity contribution in [3.8, 4) is 0 Å². The molecule has 2 aromatic rings. The van der Waals surface area contributed by atoms with E-state index in [4.69, 9.17) is 0 Å². The van der Waals surface area contributed by atoms with Crippen molar-refractivity contribution in [3.63, 3.8) is 0 Å². The minimum absolute atomic E-state index is 0.119. The summed E-state index contributed by atoms with van der Waals surface area (Å²) < 4.78 is 0.813. The van der Waals surface area contributed by atoms with Gasteiger partial charge in [-0.3, -0.25) is 4.79 Å². The van der Waals surface area contributed by atoms with Crippen molar-refractivity contribution >= 4 is 23.5 Å². The molecule has 0 fully saturated rings. The summed E-state index contributed by atoms with van der Waals surface area (Å²) in [6.45, 7) is 1.45. The molecule has 1 amide bonds. The van der Waals surface area contributed by atoms with E-state index in [9.17, 15) is 10.0 Å². The van der Waals surface area contributed by atoms with Crippen LogP contribution in [0.1, 0.15) is 12.5 Å². The lowest BCUT2D eigenvalue weighted by molar-refractivity contribution is -0.354. The third-order valence-corrected chi connectivity index (χ3v) is 2.51. The number of hydrogen-bond donors (Lipinski definition) is 1. The van der Waals surface area contributed by atoms with Gasteiger partial charge in [0.2, 0.25) is 11.6 Å². The third-order valence-electron chi connectivity index (χ3n) is 2.51. The highest BCUT2D eigenvalue weighted by Crippen LogP contribution is 2.11. The fraction of sp³-hybridized carbons (Fsp3) is 0.0667. The van der Waals surface area contributed by atoms with E-state index in [1.807, 2.05) is 18.2 Å². The smallest absolute Gasteiger partial charge is 0.221 e. The first-order valence-electron chi connectivity index (χ1n) is 5.89. The Bertz CT molecular complexity index is 589. The summed E-state index contributed by atoms with van der Waals surface area (Å²) in [5, 5.41) is 14.5. The summed E-state index contributed by atoms with van der Waals surface area (Å²) in [6.07, 6.45) is 1.49. The van der Waals surface area contributed by atoms with Gasteiger partial charge in [0.15, 0.2) is 6.21 Å². The lowest BCUT2D eigenvalue weighted by atomic mass is 10.2. The molecular weight excluding hydrogens is 240 g/mol. The number of carbonyl (C=O) groups is 1. The maximum Gasteiger partial charge on any atom is 0.221 e. The molecule has 96 valence electrons. The average molecular weight is 254 g/mol. The van der Waals surface area contributed by atoms with E-state index in [2.05, 4.69) is 5.32 Å². The zero-order valence-corrected chi connectivity index (χ0v) is 10.5. The summed E-state index contributed by atoms with van der Waals surface area (Å²) in [4.78, 5) is 10.9. The Labute approximate surface area is 111 Å². The lowest BCUT2D eigenvalue weighted by Gasteiger charge is -2.04. The summed E-state index contributed by atoms with van der Waals surface area (Å²) in [6, 6.07) is 16.0. The second-order valence-corrected chi connectivity index (χ2v) is 4.09. The van der Waals surface area contributed by atoms with Crippen molar-refractivity contribution < 1.29 is 9.53 Å². The lowest BCUT2D eigenvalue weighted by Crippen LogP contribution is -2.05. The predicted octanol–water partition coefficient (Wildman–Crippen LogP) is 2.91. The Morgan fingerprint density at radius 2 is 1.74 bits per heavy atom. The minimum Gasteiger partial charge on any atom is -0.618 e. The second-order valence-electron chi connectivity index (χ2n) is 4.09. The normalized spacial score (nSPS) is 11.1. The molecule has 0 bridgehead atoms. The molecule has 0 aliphatic heterocycles. The van der Waals surface area contributed by atoms with Crippen molar-refractivity contribution in [3.05, 3.63) is 65.4 Å². The molecule has 0 aliphatic carbocycles. The highest BCUT2D eigenvalue weighted by atomic mass is 16.5. The Morgan fingerprint density at radius 1 is 1.11 bits per heavy atom. The van der Waals surface area contributed by atoms with E-state index >= 15 is 0 Å². The van der Waals surface area contributed by atoms with Gasteiger partial charge in [-0.1, -0.05) is 18.2 Å². The number of benzene rings is 2. The zero-order chi connectivity index (χ0) is 13.7. The molecule has 0 radical (unpaired) electrons. The summed E-state index contributed by atoms with van der Waals surface area (Å²) in [7, 11) is 0.